The maximum absolute atomic E-state index is 5.60. The molecule has 0 aliphatic carbocycles. The van der Waals surface area contributed by atoms with Gasteiger partial charge in [0.15, 0.2) is 11.9 Å². The summed E-state index contributed by atoms with van der Waals surface area (Å²) in [7, 11) is 0. The number of hydrogen-bond donors (Lipinski definition) is 4. The van der Waals surface area contributed by atoms with Gasteiger partial charge in [0.25, 0.3) is 0 Å². The molecule has 0 aliphatic rings. The molecule has 0 rings (SSSR count). The van der Waals surface area contributed by atoms with E-state index in [0.717, 1.165) is 11.9 Å². The molecule has 4 N–H and O–H groups in total. The summed E-state index contributed by atoms with van der Waals surface area (Å²) in [4.78, 5) is 9.05. The fourth-order valence-electron chi connectivity index (χ4n) is 2.14. The van der Waals surface area contributed by atoms with Gasteiger partial charge in [0.05, 0.1) is 26.4 Å². The van der Waals surface area contributed by atoms with Crippen molar-refractivity contribution in [3.63, 3.8) is 0 Å². The van der Waals surface area contributed by atoms with Gasteiger partial charge in [0.2, 0.25) is 0 Å². The molecule has 0 aromatic rings. The van der Waals surface area contributed by atoms with Crippen LogP contribution in [0.3, 0.4) is 0 Å². The van der Waals surface area contributed by atoms with Gasteiger partial charge in [0.1, 0.15) is 0 Å². The molecule has 0 unspecified atom stereocenters. The van der Waals surface area contributed by atoms with Crippen molar-refractivity contribution in [2.75, 3.05) is 39.5 Å². The number of hydrogen-bond acceptors (Lipinski definition) is 4. The Balaban J connectivity index is 3.78. The van der Waals surface area contributed by atoms with E-state index in [4.69, 9.17) is 9.47 Å². The largest absolute Gasteiger partial charge is 0.377 e. The second-order valence-corrected chi connectivity index (χ2v) is 7.82. The zero-order valence-electron chi connectivity index (χ0n) is 19.3. The average molecular weight is 401 g/mol. The van der Waals surface area contributed by atoms with Crippen molar-refractivity contribution in [1.82, 2.24) is 21.3 Å². The summed E-state index contributed by atoms with van der Waals surface area (Å²) in [5, 5.41) is 13.2. The molecule has 8 heteroatoms. The van der Waals surface area contributed by atoms with Crippen molar-refractivity contribution in [2.24, 2.45) is 9.98 Å². The minimum atomic E-state index is 0.249. The first-order chi connectivity index (χ1) is 13.2. The van der Waals surface area contributed by atoms with Gasteiger partial charge in [-0.2, -0.15) is 0 Å². The smallest absolute Gasteiger partial charge is 0.191 e. The third-order valence-corrected chi connectivity index (χ3v) is 3.08. The van der Waals surface area contributed by atoms with Crippen LogP contribution in [0.1, 0.15) is 55.4 Å². The highest BCUT2D eigenvalue weighted by molar-refractivity contribution is 5.80. The van der Waals surface area contributed by atoms with Crippen LogP contribution in [0, 0.1) is 0 Å². The molecule has 0 bridgehead atoms. The van der Waals surface area contributed by atoms with Crippen molar-refractivity contribution in [1.29, 1.82) is 0 Å². The summed E-state index contributed by atoms with van der Waals surface area (Å²) in [5.74, 6) is 1.65. The van der Waals surface area contributed by atoms with Gasteiger partial charge in [-0.25, -0.2) is 0 Å². The van der Waals surface area contributed by atoms with E-state index in [1.54, 1.807) is 0 Å². The molecule has 0 saturated carbocycles. The van der Waals surface area contributed by atoms with Crippen molar-refractivity contribution in [3.05, 3.63) is 0 Å². The van der Waals surface area contributed by atoms with Crippen LogP contribution in [0.25, 0.3) is 0 Å². The Morgan fingerprint density at radius 3 is 1.25 bits per heavy atom. The lowest BCUT2D eigenvalue weighted by Crippen LogP contribution is -2.43. The van der Waals surface area contributed by atoms with E-state index in [0.29, 0.717) is 51.6 Å². The molecule has 0 heterocycles. The molecule has 166 valence electrons. The van der Waals surface area contributed by atoms with Crippen LogP contribution in [-0.2, 0) is 9.47 Å². The molecule has 0 atom stereocenters. The van der Waals surface area contributed by atoms with Gasteiger partial charge in [-0.3, -0.25) is 9.98 Å². The van der Waals surface area contributed by atoms with Crippen LogP contribution in [-0.4, -0.2) is 75.6 Å². The Hall–Kier alpha value is -1.54. The van der Waals surface area contributed by atoms with Crippen LogP contribution in [0.5, 0.6) is 0 Å². The first-order valence-electron chi connectivity index (χ1n) is 10.5. The predicted octanol–water partition coefficient (Wildman–Crippen LogP) is 1.72. The third-order valence-electron chi connectivity index (χ3n) is 3.08. The summed E-state index contributed by atoms with van der Waals surface area (Å²) in [5.41, 5.74) is 0. The standard InChI is InChI=1S/C20H44N6O2/c1-15(2)23-19(24-16(3)4)21-9-11-27-13-14-28-12-10-22-20(25-17(5)6)26-18(7)8/h15-18H,9-14H2,1-8H3,(H2,21,23,24)(H2,22,25,26). The lowest BCUT2D eigenvalue weighted by atomic mass is 10.4. The molecule has 0 aromatic heterocycles. The van der Waals surface area contributed by atoms with Gasteiger partial charge in [-0.05, 0) is 55.4 Å². The van der Waals surface area contributed by atoms with Crippen molar-refractivity contribution in [2.45, 2.75) is 79.6 Å². The van der Waals surface area contributed by atoms with E-state index in [2.05, 4.69) is 86.6 Å². The lowest BCUT2D eigenvalue weighted by Gasteiger charge is -2.16. The molecule has 0 aromatic carbocycles. The zero-order chi connectivity index (χ0) is 21.4. The normalized spacial score (nSPS) is 13.0. The minimum absolute atomic E-state index is 0.249. The number of nitrogens with zero attached hydrogens (tertiary/aromatic N) is 2. The number of ether oxygens (including phenoxy) is 2. The topological polar surface area (TPSA) is 91.3 Å². The van der Waals surface area contributed by atoms with Gasteiger partial charge in [0, 0.05) is 37.3 Å². The highest BCUT2D eigenvalue weighted by atomic mass is 16.5. The Morgan fingerprint density at radius 2 is 0.964 bits per heavy atom. The summed E-state index contributed by atoms with van der Waals surface area (Å²) in [6.45, 7) is 20.4. The quantitative estimate of drug-likeness (QED) is 0.214. The van der Waals surface area contributed by atoms with Gasteiger partial charge in [-0.15, -0.1) is 0 Å². The molecule has 0 saturated heterocycles. The van der Waals surface area contributed by atoms with E-state index >= 15 is 0 Å². The monoisotopic (exact) mass is 400 g/mol. The molecular weight excluding hydrogens is 356 g/mol. The number of nitrogens with one attached hydrogen (secondary N) is 4. The highest BCUT2D eigenvalue weighted by Gasteiger charge is 2.03. The van der Waals surface area contributed by atoms with Crippen LogP contribution in [0.4, 0.5) is 0 Å². The molecule has 0 aliphatic heterocycles. The zero-order valence-corrected chi connectivity index (χ0v) is 19.3. The first-order valence-corrected chi connectivity index (χ1v) is 10.5. The van der Waals surface area contributed by atoms with Crippen LogP contribution in [0.15, 0.2) is 9.98 Å². The highest BCUT2D eigenvalue weighted by Crippen LogP contribution is 1.89. The molecule has 28 heavy (non-hydrogen) atoms. The predicted molar refractivity (Wildman–Crippen MR) is 119 cm³/mol. The molecule has 0 radical (unpaired) electrons. The Labute approximate surface area is 172 Å². The molecule has 8 nitrogen and oxygen atoms in total. The maximum Gasteiger partial charge on any atom is 0.191 e. The first kappa shape index (κ1) is 26.5. The number of rotatable bonds is 13. The summed E-state index contributed by atoms with van der Waals surface area (Å²) >= 11 is 0. The van der Waals surface area contributed by atoms with Crippen LogP contribution < -0.4 is 21.3 Å². The minimum Gasteiger partial charge on any atom is -0.377 e. The lowest BCUT2D eigenvalue weighted by molar-refractivity contribution is 0.0518. The average Bonchev–Trinajstić information content (AvgIpc) is 2.54. The van der Waals surface area contributed by atoms with Gasteiger partial charge in [-0.1, -0.05) is 0 Å². The molecular formula is C20H44N6O2. The Kier molecular flexibility index (Phi) is 15.5. The van der Waals surface area contributed by atoms with E-state index in [1.807, 2.05) is 0 Å². The fraction of sp³-hybridized carbons (Fsp3) is 0.900. The van der Waals surface area contributed by atoms with E-state index < -0.39 is 0 Å². The fourth-order valence-corrected chi connectivity index (χ4v) is 2.14. The number of aliphatic imine (C=N–C) groups is 2. The second kappa shape index (κ2) is 16.4. The van der Waals surface area contributed by atoms with E-state index in [1.165, 1.54) is 0 Å². The van der Waals surface area contributed by atoms with Crippen molar-refractivity contribution >= 4 is 11.9 Å². The Bertz CT molecular complexity index is 396. The van der Waals surface area contributed by atoms with Crippen molar-refractivity contribution < 1.29 is 9.47 Å². The third kappa shape index (κ3) is 17.9. The summed E-state index contributed by atoms with van der Waals surface area (Å²) in [6, 6.07) is 1.18. The van der Waals surface area contributed by atoms with Crippen molar-refractivity contribution in [3.8, 4) is 0 Å². The SMILES string of the molecule is CC(C)N=C(NCCOCCOCCNC(=NC(C)C)NC(C)C)NC(C)C. The Morgan fingerprint density at radius 1 is 0.607 bits per heavy atom. The molecule has 0 spiro atoms. The van der Waals surface area contributed by atoms with E-state index in [-0.39, 0.29) is 12.1 Å². The van der Waals surface area contributed by atoms with Gasteiger partial charge < -0.3 is 30.7 Å². The molecule has 0 fully saturated rings. The van der Waals surface area contributed by atoms with E-state index in [9.17, 15) is 0 Å². The maximum atomic E-state index is 5.60. The molecule has 0 amide bonds. The number of guanidine groups is 2. The summed E-state index contributed by atoms with van der Waals surface area (Å²) in [6.07, 6.45) is 0. The van der Waals surface area contributed by atoms with Crippen LogP contribution >= 0.6 is 0 Å². The van der Waals surface area contributed by atoms with Crippen LogP contribution in [0.2, 0.25) is 0 Å². The second-order valence-electron chi connectivity index (χ2n) is 7.82. The van der Waals surface area contributed by atoms with Gasteiger partial charge >= 0.3 is 0 Å². The summed E-state index contributed by atoms with van der Waals surface area (Å²) < 4.78 is 11.2.